The van der Waals surface area contributed by atoms with Gasteiger partial charge in [-0.15, -0.1) is 0 Å². The summed E-state index contributed by atoms with van der Waals surface area (Å²) in [6.45, 7) is 1.20. The molecular formula is C15H11BrClNO2. The zero-order valence-corrected chi connectivity index (χ0v) is 12.8. The molecule has 0 aliphatic carbocycles. The third kappa shape index (κ3) is 2.73. The molecule has 0 fully saturated rings. The van der Waals surface area contributed by atoms with Crippen LogP contribution in [0.15, 0.2) is 40.9 Å². The Balaban J connectivity index is 1.80. The summed E-state index contributed by atoms with van der Waals surface area (Å²) in [6, 6.07) is 10.9. The highest BCUT2D eigenvalue weighted by molar-refractivity contribution is 9.10. The van der Waals surface area contributed by atoms with Crippen molar-refractivity contribution in [1.82, 2.24) is 0 Å². The van der Waals surface area contributed by atoms with E-state index in [9.17, 15) is 4.79 Å². The molecule has 0 saturated heterocycles. The van der Waals surface area contributed by atoms with Gasteiger partial charge in [0.05, 0.1) is 18.2 Å². The highest BCUT2D eigenvalue weighted by Gasteiger charge is 2.14. The van der Waals surface area contributed by atoms with E-state index >= 15 is 0 Å². The number of nitrogens with one attached hydrogen (secondary N) is 1. The van der Waals surface area contributed by atoms with Crippen molar-refractivity contribution in [2.45, 2.75) is 13.2 Å². The minimum Gasteiger partial charge on any atom is -0.372 e. The summed E-state index contributed by atoms with van der Waals surface area (Å²) in [4.78, 5) is 12.2. The second-order valence-electron chi connectivity index (χ2n) is 4.56. The molecule has 2 aromatic rings. The third-order valence-corrected chi connectivity index (χ3v) is 4.38. The van der Waals surface area contributed by atoms with Crippen molar-refractivity contribution in [3.63, 3.8) is 0 Å². The van der Waals surface area contributed by atoms with Gasteiger partial charge in [0.25, 0.3) is 5.91 Å². The zero-order chi connectivity index (χ0) is 14.1. The first-order valence-corrected chi connectivity index (χ1v) is 7.26. The van der Waals surface area contributed by atoms with Crippen molar-refractivity contribution in [2.24, 2.45) is 0 Å². The Morgan fingerprint density at radius 1 is 1.15 bits per heavy atom. The molecule has 1 heterocycles. The van der Waals surface area contributed by atoms with Crippen LogP contribution in [-0.4, -0.2) is 5.91 Å². The topological polar surface area (TPSA) is 38.3 Å². The second-order valence-corrected chi connectivity index (χ2v) is 5.82. The molecule has 102 valence electrons. The van der Waals surface area contributed by atoms with E-state index in [0.29, 0.717) is 29.5 Å². The first kappa shape index (κ1) is 13.6. The number of halogens is 2. The van der Waals surface area contributed by atoms with Gasteiger partial charge in [0.15, 0.2) is 0 Å². The molecule has 0 bridgehead atoms. The van der Waals surface area contributed by atoms with E-state index in [-0.39, 0.29) is 5.91 Å². The SMILES string of the molecule is O=C(Nc1ccc(Cl)c(Br)c1)c1ccc2c(c1)COC2. The molecule has 1 aliphatic rings. The Labute approximate surface area is 130 Å². The summed E-state index contributed by atoms with van der Waals surface area (Å²) in [6.07, 6.45) is 0. The maximum absolute atomic E-state index is 12.2. The quantitative estimate of drug-likeness (QED) is 0.871. The smallest absolute Gasteiger partial charge is 0.255 e. The van der Waals surface area contributed by atoms with Crippen LogP contribution in [0.2, 0.25) is 5.02 Å². The van der Waals surface area contributed by atoms with Gasteiger partial charge in [0, 0.05) is 15.7 Å². The fourth-order valence-electron chi connectivity index (χ4n) is 2.09. The summed E-state index contributed by atoms with van der Waals surface area (Å²) < 4.78 is 6.09. The van der Waals surface area contributed by atoms with Crippen molar-refractivity contribution in [1.29, 1.82) is 0 Å². The molecule has 0 spiro atoms. The minimum atomic E-state index is -0.145. The molecule has 20 heavy (non-hydrogen) atoms. The van der Waals surface area contributed by atoms with Gasteiger partial charge >= 0.3 is 0 Å². The minimum absolute atomic E-state index is 0.145. The fraction of sp³-hybridized carbons (Fsp3) is 0.133. The number of hydrogen-bond donors (Lipinski definition) is 1. The molecule has 1 amide bonds. The summed E-state index contributed by atoms with van der Waals surface area (Å²) in [5.74, 6) is -0.145. The normalized spacial score (nSPS) is 13.1. The van der Waals surface area contributed by atoms with E-state index in [2.05, 4.69) is 21.2 Å². The standard InChI is InChI=1S/C15H11BrClNO2/c16-13-6-12(3-4-14(13)17)18-15(19)9-1-2-10-7-20-8-11(10)5-9/h1-6H,7-8H2,(H,18,19). The molecule has 3 nitrogen and oxygen atoms in total. The van der Waals surface area contributed by atoms with Crippen LogP contribution in [0.25, 0.3) is 0 Å². The van der Waals surface area contributed by atoms with E-state index in [1.165, 1.54) is 0 Å². The Kier molecular flexibility index (Phi) is 3.78. The van der Waals surface area contributed by atoms with Crippen LogP contribution in [0.3, 0.4) is 0 Å². The number of anilines is 1. The number of benzene rings is 2. The van der Waals surface area contributed by atoms with Crippen molar-refractivity contribution in [3.05, 3.63) is 62.6 Å². The summed E-state index contributed by atoms with van der Waals surface area (Å²) in [5.41, 5.74) is 3.55. The summed E-state index contributed by atoms with van der Waals surface area (Å²) >= 11 is 9.26. The Hall–Kier alpha value is -1.36. The lowest BCUT2D eigenvalue weighted by atomic mass is 10.1. The molecule has 3 rings (SSSR count). The van der Waals surface area contributed by atoms with Crippen LogP contribution in [0, 0.1) is 0 Å². The van der Waals surface area contributed by atoms with E-state index < -0.39 is 0 Å². The largest absolute Gasteiger partial charge is 0.372 e. The maximum atomic E-state index is 12.2. The van der Waals surface area contributed by atoms with Crippen molar-refractivity contribution < 1.29 is 9.53 Å². The first-order valence-electron chi connectivity index (χ1n) is 6.09. The molecule has 0 unspecified atom stereocenters. The lowest BCUT2D eigenvalue weighted by Gasteiger charge is -2.07. The summed E-state index contributed by atoms with van der Waals surface area (Å²) in [7, 11) is 0. The monoisotopic (exact) mass is 351 g/mol. The van der Waals surface area contributed by atoms with Gasteiger partial charge in [-0.1, -0.05) is 17.7 Å². The molecule has 0 aromatic heterocycles. The predicted octanol–water partition coefficient (Wildman–Crippen LogP) is 4.39. The number of hydrogen-bond acceptors (Lipinski definition) is 2. The predicted molar refractivity (Wildman–Crippen MR) is 82.0 cm³/mol. The average molecular weight is 353 g/mol. The van der Waals surface area contributed by atoms with Crippen LogP contribution in [-0.2, 0) is 18.0 Å². The Morgan fingerprint density at radius 3 is 2.75 bits per heavy atom. The molecule has 5 heteroatoms. The van der Waals surface area contributed by atoms with Crippen molar-refractivity contribution in [3.8, 4) is 0 Å². The van der Waals surface area contributed by atoms with Crippen LogP contribution in [0.1, 0.15) is 21.5 Å². The van der Waals surface area contributed by atoms with E-state index in [1.807, 2.05) is 18.2 Å². The van der Waals surface area contributed by atoms with Crippen LogP contribution in [0.5, 0.6) is 0 Å². The number of amides is 1. The van der Waals surface area contributed by atoms with Gasteiger partial charge in [-0.05, 0) is 57.4 Å². The Bertz CT molecular complexity index is 688. The molecule has 0 saturated carbocycles. The number of carbonyl (C=O) groups is 1. The number of fused-ring (bicyclic) bond motifs is 1. The van der Waals surface area contributed by atoms with E-state index in [1.54, 1.807) is 18.2 Å². The van der Waals surface area contributed by atoms with E-state index in [4.69, 9.17) is 16.3 Å². The van der Waals surface area contributed by atoms with Crippen molar-refractivity contribution >= 4 is 39.1 Å². The Morgan fingerprint density at radius 2 is 1.95 bits per heavy atom. The molecular weight excluding hydrogens is 342 g/mol. The average Bonchev–Trinajstić information content (AvgIpc) is 2.90. The molecule has 1 N–H and O–H groups in total. The second kappa shape index (κ2) is 5.56. The van der Waals surface area contributed by atoms with E-state index in [0.717, 1.165) is 15.6 Å². The van der Waals surface area contributed by atoms with Gasteiger partial charge < -0.3 is 10.1 Å². The van der Waals surface area contributed by atoms with Crippen LogP contribution >= 0.6 is 27.5 Å². The lowest BCUT2D eigenvalue weighted by Crippen LogP contribution is -2.12. The molecule has 0 radical (unpaired) electrons. The van der Waals surface area contributed by atoms with Crippen molar-refractivity contribution in [2.75, 3.05) is 5.32 Å². The summed E-state index contributed by atoms with van der Waals surface area (Å²) in [5, 5.41) is 3.46. The maximum Gasteiger partial charge on any atom is 0.255 e. The number of ether oxygens (including phenoxy) is 1. The first-order chi connectivity index (χ1) is 9.63. The number of rotatable bonds is 2. The molecule has 1 aliphatic heterocycles. The molecule has 2 aromatic carbocycles. The van der Waals surface area contributed by atoms with Gasteiger partial charge in [-0.3, -0.25) is 4.79 Å². The van der Waals surface area contributed by atoms with Gasteiger partial charge in [0.2, 0.25) is 0 Å². The number of carbonyl (C=O) groups excluding carboxylic acids is 1. The highest BCUT2D eigenvalue weighted by Crippen LogP contribution is 2.26. The molecule has 0 atom stereocenters. The third-order valence-electron chi connectivity index (χ3n) is 3.16. The zero-order valence-electron chi connectivity index (χ0n) is 10.5. The van der Waals surface area contributed by atoms with Gasteiger partial charge in [-0.25, -0.2) is 0 Å². The van der Waals surface area contributed by atoms with Crippen LogP contribution < -0.4 is 5.32 Å². The van der Waals surface area contributed by atoms with Crippen LogP contribution in [0.4, 0.5) is 5.69 Å². The lowest BCUT2D eigenvalue weighted by molar-refractivity contribution is 0.102. The highest BCUT2D eigenvalue weighted by atomic mass is 79.9. The fourth-order valence-corrected chi connectivity index (χ4v) is 2.59. The van der Waals surface area contributed by atoms with Gasteiger partial charge in [0.1, 0.15) is 0 Å². The van der Waals surface area contributed by atoms with Gasteiger partial charge in [-0.2, -0.15) is 0 Å².